The smallest absolute Gasteiger partial charge is 0.458 e. The zero-order valence-electron chi connectivity index (χ0n) is 41.9. The van der Waals surface area contributed by atoms with E-state index in [-0.39, 0.29) is 48.7 Å². The minimum atomic E-state index is -2.60. The molecule has 3 aliphatic rings. The van der Waals surface area contributed by atoms with Crippen molar-refractivity contribution in [3.63, 3.8) is 0 Å². The van der Waals surface area contributed by atoms with Gasteiger partial charge in [0.1, 0.15) is 11.9 Å². The summed E-state index contributed by atoms with van der Waals surface area (Å²) in [6, 6.07) is 2.81. The monoisotopic (exact) mass is 944 g/mol. The Morgan fingerprint density at radius 2 is 1.77 bits per heavy atom. The molecule has 0 aromatic carbocycles. The van der Waals surface area contributed by atoms with E-state index < -0.39 is 80.4 Å². The highest BCUT2D eigenvalue weighted by molar-refractivity contribution is 6.74. The average molecular weight is 944 g/mol. The van der Waals surface area contributed by atoms with Gasteiger partial charge in [0.2, 0.25) is 0 Å². The number of hydrogen-bond acceptors (Lipinski definition) is 15. The molecular formula is C48H77N5O12Si. The zero-order valence-corrected chi connectivity index (χ0v) is 42.9. The molecule has 0 radical (unpaired) electrons. The Morgan fingerprint density at radius 3 is 2.39 bits per heavy atom. The number of ether oxygens (including phenoxy) is 7. The van der Waals surface area contributed by atoms with E-state index in [0.717, 1.165) is 17.7 Å². The second kappa shape index (κ2) is 22.0. The van der Waals surface area contributed by atoms with Crippen LogP contribution in [0.3, 0.4) is 0 Å². The van der Waals surface area contributed by atoms with Crippen molar-refractivity contribution < 1.29 is 56.8 Å². The quantitative estimate of drug-likeness (QED) is 0.0774. The van der Waals surface area contributed by atoms with Crippen molar-refractivity contribution >= 4 is 32.3 Å². The van der Waals surface area contributed by atoms with Gasteiger partial charge in [0.05, 0.1) is 61.0 Å². The number of nitrogens with zero attached hydrogens (tertiary/aromatic N) is 5. The second-order valence-corrected chi connectivity index (χ2v) is 25.2. The Hall–Kier alpha value is -3.94. The maximum atomic E-state index is 14.7. The van der Waals surface area contributed by atoms with Crippen molar-refractivity contribution in [1.29, 1.82) is 0 Å². The molecule has 370 valence electrons. The minimum absolute atomic E-state index is 0.0347. The number of hydrogen-bond donors (Lipinski definition) is 0. The van der Waals surface area contributed by atoms with Gasteiger partial charge >= 0.3 is 18.2 Å². The number of rotatable bonds is 14. The van der Waals surface area contributed by atoms with E-state index in [4.69, 9.17) is 37.6 Å². The van der Waals surface area contributed by atoms with E-state index in [0.29, 0.717) is 32.4 Å². The van der Waals surface area contributed by atoms with Crippen LogP contribution >= 0.6 is 0 Å². The third kappa shape index (κ3) is 12.4. The number of fused-ring (bicyclic) bond motifs is 1. The second-order valence-electron chi connectivity index (χ2n) is 20.5. The lowest BCUT2D eigenvalue weighted by Gasteiger charge is -2.47. The Balaban J connectivity index is 1.48. The van der Waals surface area contributed by atoms with E-state index >= 15 is 0 Å². The third-order valence-corrected chi connectivity index (χ3v) is 19.1. The van der Waals surface area contributed by atoms with Gasteiger partial charge in [0.15, 0.2) is 26.3 Å². The van der Waals surface area contributed by atoms with Crippen LogP contribution in [0.15, 0.2) is 37.1 Å². The molecule has 2 aromatic rings. The summed E-state index contributed by atoms with van der Waals surface area (Å²) < 4.78 is 52.4. The number of carbonyl (C=O) groups excluding carboxylic acids is 4. The first-order chi connectivity index (χ1) is 31.0. The molecule has 0 N–H and O–H groups in total. The Labute approximate surface area is 393 Å². The number of cyclic esters (lactones) is 1. The van der Waals surface area contributed by atoms with Crippen LogP contribution in [0.1, 0.15) is 107 Å². The molecule has 5 heterocycles. The molecule has 3 saturated heterocycles. The largest absolute Gasteiger partial charge is 0.508 e. The maximum Gasteiger partial charge on any atom is 0.508 e. The number of aryl methyl sites for hydroxylation is 1. The summed E-state index contributed by atoms with van der Waals surface area (Å²) in [4.78, 5) is 68.1. The maximum absolute atomic E-state index is 14.7. The van der Waals surface area contributed by atoms with Gasteiger partial charge in [-0.25, -0.2) is 14.6 Å². The highest BCUT2D eigenvalue weighted by Crippen LogP contribution is 2.43. The van der Waals surface area contributed by atoms with Gasteiger partial charge in [0.25, 0.3) is 0 Å². The fraction of sp³-hybridized carbons (Fsp3) is 0.750. The zero-order chi connectivity index (χ0) is 48.8. The van der Waals surface area contributed by atoms with Crippen LogP contribution in [0.2, 0.25) is 18.1 Å². The topological polar surface area (TPSA) is 179 Å². The predicted octanol–water partition coefficient (Wildman–Crippen LogP) is 7.80. The molecule has 0 saturated carbocycles. The number of likely N-dealkylation sites (N-methyl/N-ethyl adjacent to an activating group) is 1. The number of unbranched alkanes of at least 4 members (excludes halogenated alkanes) is 1. The van der Waals surface area contributed by atoms with E-state index in [2.05, 4.69) is 43.8 Å². The van der Waals surface area contributed by atoms with E-state index in [1.165, 1.54) is 7.11 Å². The normalized spacial score (nSPS) is 31.8. The summed E-state index contributed by atoms with van der Waals surface area (Å²) in [6.07, 6.45) is 3.65. The molecule has 0 bridgehead atoms. The number of amides is 1. The number of methoxy groups -OCH3 is 2. The molecule has 11 atom stereocenters. The summed E-state index contributed by atoms with van der Waals surface area (Å²) in [5.41, 5.74) is -0.746. The summed E-state index contributed by atoms with van der Waals surface area (Å²) in [6.45, 7) is 20.9. The van der Waals surface area contributed by atoms with Gasteiger partial charge in [-0.2, -0.15) is 0 Å². The SMILES string of the molecule is CC[C@H]1OC(=O)[C@H](C)[C@@H](O[Si](C)(C)C(C)(C)C)C[C@@H](O[C@@H]2O[C@H](C)C[C@H](N(C)C)[C@H]2OC(=O)OC)[C@](C)(OC)CCC(=O)C[C@H]2N(CCCCn3cnc(-c4cccnc4)c3)C(=O)O[C@]12C. The van der Waals surface area contributed by atoms with Crippen LogP contribution in [-0.2, 0) is 53.7 Å². The number of ketones is 1. The van der Waals surface area contributed by atoms with E-state index in [1.54, 1.807) is 44.6 Å². The Kier molecular flexibility index (Phi) is 17.7. The van der Waals surface area contributed by atoms with Crippen LogP contribution in [-0.4, -0.2) is 152 Å². The molecule has 3 fully saturated rings. The van der Waals surface area contributed by atoms with Crippen molar-refractivity contribution in [2.75, 3.05) is 34.9 Å². The van der Waals surface area contributed by atoms with Gasteiger partial charge in [-0.15, -0.1) is 0 Å². The van der Waals surface area contributed by atoms with Crippen LogP contribution in [0, 0.1) is 5.92 Å². The van der Waals surface area contributed by atoms with Crippen LogP contribution < -0.4 is 0 Å². The molecule has 1 amide bonds. The fourth-order valence-corrected chi connectivity index (χ4v) is 10.5. The predicted molar refractivity (Wildman–Crippen MR) is 249 cm³/mol. The molecule has 0 aliphatic carbocycles. The highest BCUT2D eigenvalue weighted by Gasteiger charge is 2.58. The summed E-state index contributed by atoms with van der Waals surface area (Å²) >= 11 is 0. The van der Waals surface area contributed by atoms with Crippen molar-refractivity contribution in [2.24, 2.45) is 5.92 Å². The molecule has 3 aliphatic heterocycles. The molecule has 2 aromatic heterocycles. The molecular weight excluding hydrogens is 867 g/mol. The fourth-order valence-electron chi connectivity index (χ4n) is 9.07. The molecule has 0 spiro atoms. The van der Waals surface area contributed by atoms with E-state index in [1.807, 2.05) is 62.7 Å². The van der Waals surface area contributed by atoms with Gasteiger partial charge in [-0.3, -0.25) is 14.6 Å². The van der Waals surface area contributed by atoms with Gasteiger partial charge in [-0.1, -0.05) is 27.7 Å². The lowest BCUT2D eigenvalue weighted by molar-refractivity contribution is -0.293. The Bertz CT molecular complexity index is 1940. The highest BCUT2D eigenvalue weighted by atomic mass is 28.4. The lowest BCUT2D eigenvalue weighted by Crippen LogP contribution is -2.59. The lowest BCUT2D eigenvalue weighted by atomic mass is 9.82. The first-order valence-corrected chi connectivity index (χ1v) is 26.5. The number of imidazole rings is 1. The number of esters is 1. The number of pyridine rings is 1. The van der Waals surface area contributed by atoms with Gasteiger partial charge in [-0.05, 0) is 104 Å². The first-order valence-electron chi connectivity index (χ1n) is 23.6. The van der Waals surface area contributed by atoms with Crippen molar-refractivity contribution in [3.8, 4) is 11.3 Å². The van der Waals surface area contributed by atoms with Crippen molar-refractivity contribution in [3.05, 3.63) is 37.1 Å². The molecule has 18 heteroatoms. The van der Waals surface area contributed by atoms with Gasteiger partial charge < -0.3 is 52.0 Å². The minimum Gasteiger partial charge on any atom is -0.458 e. The molecule has 66 heavy (non-hydrogen) atoms. The van der Waals surface area contributed by atoms with E-state index in [9.17, 15) is 19.2 Å². The standard InChI is InChI=1S/C48H77N5O12Si/c1-15-39-48(8)38(53(44(56)64-48)24-17-16-23-52-29-35(50-30-52)33-19-18-22-49-28-33)26-34(54)20-21-47(7,59-12)40(27-37(32(3)42(55)61-39)65-66(13,14)46(4,5)6)62-43-41(63-45(57)58-11)36(51(9)10)25-31(2)60-43/h18-19,22,28-32,36-41,43H,15-17,20-21,23-27H2,1-14H3/t31-,32-,36+,37+,38-,39-,40-,41-,43+,47-,48+/m1/s1. The Morgan fingerprint density at radius 1 is 1.06 bits per heavy atom. The van der Waals surface area contributed by atoms with Crippen LogP contribution in [0.4, 0.5) is 9.59 Å². The summed E-state index contributed by atoms with van der Waals surface area (Å²) in [5.74, 6) is -1.49. The van der Waals surface area contributed by atoms with Crippen LogP contribution in [0.25, 0.3) is 11.3 Å². The molecule has 0 unspecified atom stereocenters. The average Bonchev–Trinajstić information content (AvgIpc) is 3.83. The number of Topliss-reactive ketones (excluding diaryl/α,β-unsaturated/α-hetero) is 1. The first kappa shape index (κ1) is 53.0. The number of aromatic nitrogens is 3. The van der Waals surface area contributed by atoms with Crippen LogP contribution in [0.5, 0.6) is 0 Å². The number of carbonyl (C=O) groups is 4. The summed E-state index contributed by atoms with van der Waals surface area (Å²) in [7, 11) is 4.02. The van der Waals surface area contributed by atoms with Crippen molar-refractivity contribution in [1.82, 2.24) is 24.3 Å². The third-order valence-electron chi connectivity index (χ3n) is 14.5. The summed E-state index contributed by atoms with van der Waals surface area (Å²) in [5, 5.41) is -0.237. The van der Waals surface area contributed by atoms with Crippen molar-refractivity contribution in [2.45, 2.75) is 192 Å². The molecule has 5 rings (SSSR count). The molecule has 17 nitrogen and oxygen atoms in total. The van der Waals surface area contributed by atoms with Gasteiger partial charge in [0, 0.05) is 63.6 Å².